The van der Waals surface area contributed by atoms with Crippen LogP contribution in [0, 0.1) is 0 Å². The minimum absolute atomic E-state index is 0.0747. The number of carbonyl (C=O) groups is 1. The van der Waals surface area contributed by atoms with Gasteiger partial charge in [0.15, 0.2) is 0 Å². The van der Waals surface area contributed by atoms with Gasteiger partial charge >= 0.3 is 0 Å². The van der Waals surface area contributed by atoms with Gasteiger partial charge in [-0.15, -0.1) is 5.16 Å². The van der Waals surface area contributed by atoms with Crippen LogP contribution in [0.4, 0.5) is 0 Å². The molecule has 0 unspecified atom stereocenters. The molecule has 1 saturated heterocycles. The lowest BCUT2D eigenvalue weighted by atomic mass is 10.3. The Hall–Kier alpha value is -0.295. The number of nitrogens with zero attached hydrogens (tertiary/aromatic N) is 3. The van der Waals surface area contributed by atoms with Crippen molar-refractivity contribution < 1.29 is 9.32 Å². The van der Waals surface area contributed by atoms with Gasteiger partial charge < -0.3 is 13.3 Å². The van der Waals surface area contributed by atoms with Crippen LogP contribution in [0.2, 0.25) is 0 Å². The van der Waals surface area contributed by atoms with Crippen molar-refractivity contribution in [1.29, 1.82) is 0 Å². The molecule has 0 N–H and O–H groups in total. The van der Waals surface area contributed by atoms with Crippen molar-refractivity contribution >= 4 is 43.3 Å². The molecule has 7 heteroatoms. The minimum Gasteiger partial charge on any atom is -0.400 e. The second kappa shape index (κ2) is 4.70. The van der Waals surface area contributed by atoms with Crippen molar-refractivity contribution in [1.82, 2.24) is 13.9 Å². The highest BCUT2D eigenvalue weighted by Gasteiger charge is 2.22. The molecule has 0 spiro atoms. The molecular weight excluding hydrogens is 224 g/mol. The van der Waals surface area contributed by atoms with Gasteiger partial charge in [0.1, 0.15) is 0 Å². The summed E-state index contributed by atoms with van der Waals surface area (Å²) in [4.78, 5) is 13.7. The Morgan fingerprint density at radius 1 is 1.40 bits per heavy atom. The Labute approximate surface area is 104 Å². The van der Waals surface area contributed by atoms with Crippen LogP contribution in [0.5, 0.6) is 0 Å². The number of aromatic nitrogens is 1. The predicted octanol–water partition coefficient (Wildman–Crippen LogP) is -1.69. The molecule has 4 radical (unpaired) electrons. The molecule has 2 heterocycles. The third kappa shape index (κ3) is 2.63. The highest BCUT2D eigenvalue weighted by atomic mass is 27.1. The van der Waals surface area contributed by atoms with E-state index in [9.17, 15) is 4.79 Å². The highest BCUT2D eigenvalue weighted by Crippen LogP contribution is 2.05. The average Bonchev–Trinajstić information content (AvgIpc) is 2.65. The maximum atomic E-state index is 11.9. The molecule has 0 bridgehead atoms. The Morgan fingerprint density at radius 2 is 2.07 bits per heavy atom. The maximum absolute atomic E-state index is 11.9. The number of amides is 1. The number of rotatable bonds is 1. The van der Waals surface area contributed by atoms with Crippen molar-refractivity contribution in [3.8, 4) is 0 Å². The van der Waals surface area contributed by atoms with E-state index in [0.29, 0.717) is 10.3 Å². The monoisotopic (exact) mass is 233 g/mol. The van der Waals surface area contributed by atoms with Gasteiger partial charge in [0, 0.05) is 13.1 Å². The van der Waals surface area contributed by atoms with Gasteiger partial charge in [-0.05, 0) is 23.7 Å². The third-order valence-corrected chi connectivity index (χ3v) is 3.13. The van der Waals surface area contributed by atoms with Gasteiger partial charge in [-0.3, -0.25) is 4.79 Å². The van der Waals surface area contributed by atoms with E-state index in [1.807, 2.05) is 0 Å². The van der Waals surface area contributed by atoms with Crippen molar-refractivity contribution in [3.63, 3.8) is 0 Å². The molecule has 5 nitrogen and oxygen atoms in total. The maximum Gasteiger partial charge on any atom is 0.292 e. The fourth-order valence-corrected chi connectivity index (χ4v) is 1.91. The lowest BCUT2D eigenvalue weighted by molar-refractivity contribution is 0.0658. The van der Waals surface area contributed by atoms with Crippen molar-refractivity contribution in [2.75, 3.05) is 26.2 Å². The van der Waals surface area contributed by atoms with E-state index in [1.54, 1.807) is 11.0 Å². The quantitative estimate of drug-likeness (QED) is 0.543. The van der Waals surface area contributed by atoms with Crippen LogP contribution in [0.15, 0.2) is 10.6 Å². The topological polar surface area (TPSA) is 49.6 Å². The van der Waals surface area contributed by atoms with E-state index in [4.69, 9.17) is 4.52 Å². The Morgan fingerprint density at radius 3 is 2.60 bits per heavy atom. The highest BCUT2D eigenvalue weighted by molar-refractivity contribution is 6.30. The lowest BCUT2D eigenvalue weighted by Crippen LogP contribution is -2.47. The molecular formula is C8H9Al2N3O2. The van der Waals surface area contributed by atoms with Crippen LogP contribution in [0.1, 0.15) is 10.6 Å². The zero-order valence-electron chi connectivity index (χ0n) is 8.22. The summed E-state index contributed by atoms with van der Waals surface area (Å²) in [5, 5.41) is 3.67. The van der Waals surface area contributed by atoms with E-state index < -0.39 is 0 Å². The fourth-order valence-electron chi connectivity index (χ4n) is 1.47. The molecule has 1 aromatic heterocycles. The average molecular weight is 233 g/mol. The Kier molecular flexibility index (Phi) is 3.51. The number of hydrogen-bond acceptors (Lipinski definition) is 4. The van der Waals surface area contributed by atoms with Crippen LogP contribution in [-0.4, -0.2) is 78.8 Å². The van der Waals surface area contributed by atoms with Crippen LogP contribution < -0.4 is 4.56 Å². The van der Waals surface area contributed by atoms with E-state index in [-0.39, 0.29) is 5.91 Å². The lowest BCUT2D eigenvalue weighted by Gasteiger charge is -2.33. The molecule has 1 aliphatic rings. The van der Waals surface area contributed by atoms with Gasteiger partial charge in [-0.2, -0.15) is 0 Å². The second-order valence-electron chi connectivity index (χ2n) is 3.44. The summed E-state index contributed by atoms with van der Waals surface area (Å²) in [6.07, 6.45) is 0. The molecule has 1 fully saturated rings. The fraction of sp³-hybridized carbons (Fsp3) is 0.500. The Balaban J connectivity index is 2.02. The summed E-state index contributed by atoms with van der Waals surface area (Å²) in [6, 6.07) is 1.64. The van der Waals surface area contributed by atoms with E-state index in [1.165, 1.54) is 0 Å². The molecule has 1 amide bonds. The predicted molar refractivity (Wildman–Crippen MR) is 55.1 cm³/mol. The molecule has 1 aliphatic heterocycles. The molecule has 0 saturated carbocycles. The summed E-state index contributed by atoms with van der Waals surface area (Å²) < 4.78 is 7.70. The first-order valence-corrected chi connectivity index (χ1v) is 5.77. The smallest absolute Gasteiger partial charge is 0.292 e. The van der Waals surface area contributed by atoms with Crippen molar-refractivity contribution in [2.45, 2.75) is 0 Å². The first-order valence-electron chi connectivity index (χ1n) is 4.68. The second-order valence-corrected chi connectivity index (χ2v) is 4.77. The summed E-state index contributed by atoms with van der Waals surface area (Å²) in [6.45, 7) is 3.21. The zero-order valence-corrected chi connectivity index (χ0v) is 10.5. The standard InChI is InChI=1S/C8H9N3O2.2Al/c12-8(7-1-2-10-13-7)11-5-3-9-4-6-11;;/h1H,3-6H2;;/q-1;;+1. The Bertz CT molecular complexity index is 361. The third-order valence-electron chi connectivity index (χ3n) is 2.34. The normalized spacial score (nSPS) is 18.0. The summed E-state index contributed by atoms with van der Waals surface area (Å²) in [5.74, 6) is 0.242. The number of piperazine rings is 1. The van der Waals surface area contributed by atoms with Crippen molar-refractivity contribution in [2.24, 2.45) is 0 Å². The van der Waals surface area contributed by atoms with Crippen molar-refractivity contribution in [3.05, 3.63) is 11.8 Å². The van der Waals surface area contributed by atoms with Gasteiger partial charge in [-0.25, -0.2) is 0 Å². The summed E-state index contributed by atoms with van der Waals surface area (Å²) in [5.41, 5.74) is 0. The summed E-state index contributed by atoms with van der Waals surface area (Å²) >= 11 is 5.05. The van der Waals surface area contributed by atoms with Crippen LogP contribution in [-0.2, 0) is 0 Å². The molecule has 0 aromatic carbocycles. The number of carbonyl (C=O) groups excluding carboxylic acids is 1. The molecule has 1 aromatic rings. The SMILES string of the molecule is O=C(c1c[c]([Al])no1)N1CC[N]([Al])CC1. The molecule has 0 aliphatic carbocycles. The van der Waals surface area contributed by atoms with E-state index >= 15 is 0 Å². The molecule has 0 atom stereocenters. The minimum atomic E-state index is -0.0747. The van der Waals surface area contributed by atoms with Crippen LogP contribution >= 0.6 is 0 Å². The van der Waals surface area contributed by atoms with Gasteiger partial charge in [0.2, 0.25) is 22.1 Å². The molecule has 74 valence electrons. The van der Waals surface area contributed by atoms with Gasteiger partial charge in [-0.1, -0.05) is 0 Å². The summed E-state index contributed by atoms with van der Waals surface area (Å²) in [7, 11) is 0. The number of hydrogen-bond donors (Lipinski definition) is 0. The van der Waals surface area contributed by atoms with Crippen LogP contribution in [0.3, 0.4) is 0 Å². The molecule has 15 heavy (non-hydrogen) atoms. The first kappa shape index (κ1) is 11.2. The van der Waals surface area contributed by atoms with Gasteiger partial charge in [0.05, 0.1) is 0 Å². The van der Waals surface area contributed by atoms with Gasteiger partial charge in [0.25, 0.3) is 22.4 Å². The first-order chi connectivity index (χ1) is 7.16. The van der Waals surface area contributed by atoms with Crippen LogP contribution in [0.25, 0.3) is 0 Å². The zero-order chi connectivity index (χ0) is 10.8. The molecule has 2 rings (SSSR count). The largest absolute Gasteiger partial charge is 0.400 e. The van der Waals surface area contributed by atoms with E-state index in [0.717, 1.165) is 26.2 Å². The van der Waals surface area contributed by atoms with E-state index in [2.05, 4.69) is 41.8 Å².